The quantitative estimate of drug-likeness (QED) is 0.598. The smallest absolute Gasteiger partial charge is 0.151 e. The van der Waals surface area contributed by atoms with Crippen LogP contribution >= 0.6 is 11.6 Å². The van der Waals surface area contributed by atoms with Gasteiger partial charge >= 0.3 is 0 Å². The highest BCUT2D eigenvalue weighted by Crippen LogP contribution is 2.32. The minimum atomic E-state index is -0.250. The summed E-state index contributed by atoms with van der Waals surface area (Å²) >= 11 is 6.06. The fourth-order valence-corrected chi connectivity index (χ4v) is 2.53. The number of carbonyl (C=O) groups is 1. The largest absolute Gasteiger partial charge is 0.298 e. The van der Waals surface area contributed by atoms with Gasteiger partial charge in [0.2, 0.25) is 0 Å². The summed E-state index contributed by atoms with van der Waals surface area (Å²) in [6.07, 6.45) is 0.717. The molecule has 0 unspecified atom stereocenters. The van der Waals surface area contributed by atoms with Crippen molar-refractivity contribution >= 4 is 28.7 Å². The number of hydrogen-bond acceptors (Lipinski definition) is 1. The second-order valence-corrected chi connectivity index (χ2v) is 4.90. The van der Waals surface area contributed by atoms with E-state index in [0.717, 1.165) is 22.8 Å². The Hall–Kier alpha value is -2.19. The number of hydrogen-bond donors (Lipinski definition) is 0. The third-order valence-electron chi connectivity index (χ3n) is 3.31. The molecule has 0 saturated carbocycles. The lowest BCUT2D eigenvalue weighted by atomic mass is 9.97. The van der Waals surface area contributed by atoms with Gasteiger partial charge in [0.05, 0.1) is 5.02 Å². The van der Waals surface area contributed by atoms with Crippen LogP contribution in [0.4, 0.5) is 4.39 Å². The van der Waals surface area contributed by atoms with Crippen LogP contribution < -0.4 is 0 Å². The highest BCUT2D eigenvalue weighted by Gasteiger charge is 2.09. The zero-order valence-electron chi connectivity index (χ0n) is 10.4. The van der Waals surface area contributed by atoms with Crippen molar-refractivity contribution in [2.45, 2.75) is 0 Å². The second kappa shape index (κ2) is 5.06. The first-order valence-corrected chi connectivity index (χ1v) is 6.51. The van der Waals surface area contributed by atoms with E-state index < -0.39 is 0 Å². The van der Waals surface area contributed by atoms with Crippen LogP contribution in [0.15, 0.2) is 54.6 Å². The molecule has 0 spiro atoms. The Bertz CT molecular complexity index is 811. The van der Waals surface area contributed by atoms with Crippen molar-refractivity contribution in [3.05, 3.63) is 71.0 Å². The molecule has 20 heavy (non-hydrogen) atoms. The fourth-order valence-electron chi connectivity index (χ4n) is 2.30. The molecule has 3 heteroatoms. The van der Waals surface area contributed by atoms with Crippen molar-refractivity contribution in [1.82, 2.24) is 0 Å². The van der Waals surface area contributed by atoms with Gasteiger partial charge in [0.15, 0.2) is 6.29 Å². The van der Waals surface area contributed by atoms with E-state index in [1.807, 2.05) is 18.2 Å². The highest BCUT2D eigenvalue weighted by atomic mass is 35.5. The lowest BCUT2D eigenvalue weighted by molar-refractivity contribution is 0.112. The summed E-state index contributed by atoms with van der Waals surface area (Å²) < 4.78 is 13.8. The highest BCUT2D eigenvalue weighted by molar-refractivity contribution is 6.33. The molecule has 0 aromatic heterocycles. The monoisotopic (exact) mass is 284 g/mol. The Morgan fingerprint density at radius 3 is 2.40 bits per heavy atom. The molecule has 0 aliphatic rings. The number of carbonyl (C=O) groups excluding carboxylic acids is 1. The van der Waals surface area contributed by atoms with E-state index >= 15 is 0 Å². The summed E-state index contributed by atoms with van der Waals surface area (Å²) in [4.78, 5) is 10.8. The van der Waals surface area contributed by atoms with Gasteiger partial charge in [0, 0.05) is 10.9 Å². The molecule has 0 aliphatic carbocycles. The first kappa shape index (κ1) is 12.8. The Kier molecular flexibility index (Phi) is 3.25. The molecule has 0 aliphatic heterocycles. The van der Waals surface area contributed by atoms with E-state index in [1.165, 1.54) is 6.07 Å². The van der Waals surface area contributed by atoms with Crippen LogP contribution in [0, 0.1) is 5.82 Å². The Morgan fingerprint density at radius 2 is 1.70 bits per heavy atom. The summed E-state index contributed by atoms with van der Waals surface area (Å²) in [5.41, 5.74) is 2.19. The van der Waals surface area contributed by atoms with Crippen LogP contribution in [0.1, 0.15) is 10.4 Å². The van der Waals surface area contributed by atoms with Crippen molar-refractivity contribution < 1.29 is 9.18 Å². The minimum absolute atomic E-state index is 0.250. The summed E-state index contributed by atoms with van der Waals surface area (Å²) in [5.74, 6) is -0.250. The van der Waals surface area contributed by atoms with Gasteiger partial charge in [0.25, 0.3) is 0 Å². The molecule has 3 aromatic carbocycles. The van der Waals surface area contributed by atoms with E-state index in [4.69, 9.17) is 11.6 Å². The SMILES string of the molecule is O=Cc1ccc(-c2ccc(F)c3ccccc23)cc1Cl. The molecule has 0 radical (unpaired) electrons. The Labute approximate surface area is 120 Å². The van der Waals surface area contributed by atoms with Crippen LogP contribution in [0.3, 0.4) is 0 Å². The topological polar surface area (TPSA) is 17.1 Å². The van der Waals surface area contributed by atoms with Gasteiger partial charge in [-0.25, -0.2) is 4.39 Å². The molecule has 0 heterocycles. The lowest BCUT2D eigenvalue weighted by Crippen LogP contribution is -1.87. The van der Waals surface area contributed by atoms with Gasteiger partial charge in [-0.05, 0) is 34.7 Å². The number of halogens is 2. The van der Waals surface area contributed by atoms with Gasteiger partial charge in [-0.15, -0.1) is 0 Å². The predicted molar refractivity (Wildman–Crippen MR) is 79.7 cm³/mol. The lowest BCUT2D eigenvalue weighted by Gasteiger charge is -2.09. The average molecular weight is 285 g/mol. The Morgan fingerprint density at radius 1 is 0.950 bits per heavy atom. The average Bonchev–Trinajstić information content (AvgIpc) is 2.48. The molecule has 0 fully saturated rings. The molecule has 1 nitrogen and oxygen atoms in total. The van der Waals surface area contributed by atoms with E-state index in [-0.39, 0.29) is 5.82 Å². The number of fused-ring (bicyclic) bond motifs is 1. The molecule has 0 amide bonds. The van der Waals surface area contributed by atoms with Crippen LogP contribution in [-0.2, 0) is 0 Å². The van der Waals surface area contributed by atoms with Crippen molar-refractivity contribution in [3.63, 3.8) is 0 Å². The molecule has 98 valence electrons. The van der Waals surface area contributed by atoms with E-state index in [0.29, 0.717) is 16.0 Å². The molecule has 0 atom stereocenters. The number of rotatable bonds is 2. The summed E-state index contributed by atoms with van der Waals surface area (Å²) in [6.45, 7) is 0. The molecular formula is C17H10ClFO. The summed E-state index contributed by atoms with van der Waals surface area (Å²) in [6, 6.07) is 15.7. The third-order valence-corrected chi connectivity index (χ3v) is 3.64. The number of benzene rings is 3. The zero-order valence-corrected chi connectivity index (χ0v) is 11.2. The molecule has 0 bridgehead atoms. The maximum Gasteiger partial charge on any atom is 0.151 e. The van der Waals surface area contributed by atoms with E-state index in [1.54, 1.807) is 30.3 Å². The maximum atomic E-state index is 13.8. The van der Waals surface area contributed by atoms with E-state index in [9.17, 15) is 9.18 Å². The van der Waals surface area contributed by atoms with Crippen LogP contribution in [-0.4, -0.2) is 6.29 Å². The van der Waals surface area contributed by atoms with Crippen LogP contribution in [0.25, 0.3) is 21.9 Å². The summed E-state index contributed by atoms with van der Waals surface area (Å²) in [5, 5.41) is 1.79. The van der Waals surface area contributed by atoms with Gasteiger partial charge in [-0.3, -0.25) is 4.79 Å². The molecule has 0 N–H and O–H groups in total. The second-order valence-electron chi connectivity index (χ2n) is 4.49. The Balaban J connectivity index is 2.27. The van der Waals surface area contributed by atoms with Crippen molar-refractivity contribution in [2.24, 2.45) is 0 Å². The zero-order chi connectivity index (χ0) is 14.1. The third kappa shape index (κ3) is 2.08. The van der Waals surface area contributed by atoms with Crippen molar-refractivity contribution in [3.8, 4) is 11.1 Å². The van der Waals surface area contributed by atoms with Gasteiger partial charge in [-0.2, -0.15) is 0 Å². The van der Waals surface area contributed by atoms with Crippen molar-refractivity contribution in [1.29, 1.82) is 0 Å². The predicted octanol–water partition coefficient (Wildman–Crippen LogP) is 5.11. The van der Waals surface area contributed by atoms with Crippen molar-refractivity contribution in [2.75, 3.05) is 0 Å². The van der Waals surface area contributed by atoms with E-state index in [2.05, 4.69) is 0 Å². The van der Waals surface area contributed by atoms with Gasteiger partial charge in [-0.1, -0.05) is 48.0 Å². The maximum absolute atomic E-state index is 13.8. The first-order valence-electron chi connectivity index (χ1n) is 6.13. The molecule has 0 saturated heterocycles. The fraction of sp³-hybridized carbons (Fsp3) is 0. The molecular weight excluding hydrogens is 275 g/mol. The first-order chi connectivity index (χ1) is 9.70. The standard InChI is InChI=1S/C17H10ClFO/c18-16-9-11(5-6-12(16)10-20)13-7-8-17(19)15-4-2-1-3-14(13)15/h1-10H. The molecule has 3 aromatic rings. The van der Waals surface area contributed by atoms with Crippen LogP contribution in [0.2, 0.25) is 5.02 Å². The normalized spacial score (nSPS) is 10.7. The molecule has 3 rings (SSSR count). The van der Waals surface area contributed by atoms with Crippen LogP contribution in [0.5, 0.6) is 0 Å². The van der Waals surface area contributed by atoms with Gasteiger partial charge < -0.3 is 0 Å². The summed E-state index contributed by atoms with van der Waals surface area (Å²) in [7, 11) is 0. The number of aldehydes is 1. The van der Waals surface area contributed by atoms with Gasteiger partial charge in [0.1, 0.15) is 5.82 Å². The minimum Gasteiger partial charge on any atom is -0.298 e.